The zero-order valence-electron chi connectivity index (χ0n) is 22.5. The van der Waals surface area contributed by atoms with Crippen LogP contribution in [-0.4, -0.2) is 48.6 Å². The Morgan fingerprint density at radius 2 is 2.00 bits per heavy atom. The first-order valence-electron chi connectivity index (χ1n) is 12.9. The monoisotopic (exact) mass is 540 g/mol. The molecule has 204 valence electrons. The lowest BCUT2D eigenvalue weighted by molar-refractivity contribution is -0.128. The Kier molecular flexibility index (Phi) is 7.17. The molecule has 1 aliphatic rings. The molecule has 1 aliphatic heterocycles. The van der Waals surface area contributed by atoms with E-state index in [1.807, 2.05) is 20.8 Å². The van der Waals surface area contributed by atoms with E-state index in [2.05, 4.69) is 21.0 Å². The molecule has 3 aromatic heterocycles. The van der Waals surface area contributed by atoms with Crippen LogP contribution >= 0.6 is 0 Å². The first-order chi connectivity index (χ1) is 19.1. The van der Waals surface area contributed by atoms with Crippen LogP contribution in [0.1, 0.15) is 39.7 Å². The summed E-state index contributed by atoms with van der Waals surface area (Å²) in [6.45, 7) is 6.77. The summed E-state index contributed by atoms with van der Waals surface area (Å²) in [5.74, 6) is -0.216. The number of fused-ring (bicyclic) bond motifs is 1. The van der Waals surface area contributed by atoms with Crippen LogP contribution in [0.2, 0.25) is 0 Å². The first kappa shape index (κ1) is 26.7. The summed E-state index contributed by atoms with van der Waals surface area (Å²) in [6, 6.07) is 11.4. The molecule has 0 aliphatic carbocycles. The van der Waals surface area contributed by atoms with Crippen molar-refractivity contribution in [1.82, 2.24) is 29.6 Å². The molecule has 0 radical (unpaired) electrons. The van der Waals surface area contributed by atoms with E-state index >= 15 is 0 Å². The number of likely N-dealkylation sites (tertiary alicyclic amines) is 1. The van der Waals surface area contributed by atoms with Gasteiger partial charge in [-0.1, -0.05) is 39.0 Å². The van der Waals surface area contributed by atoms with Gasteiger partial charge in [0.15, 0.2) is 17.2 Å². The maximum Gasteiger partial charge on any atom is 0.264 e. The van der Waals surface area contributed by atoms with Crippen molar-refractivity contribution in [3.63, 3.8) is 0 Å². The normalized spacial score (nSPS) is 16.1. The maximum absolute atomic E-state index is 14.0. The van der Waals surface area contributed by atoms with Gasteiger partial charge in [-0.2, -0.15) is 10.4 Å². The summed E-state index contributed by atoms with van der Waals surface area (Å²) in [4.78, 5) is 27.9. The van der Waals surface area contributed by atoms with E-state index < -0.39 is 5.82 Å². The molecule has 1 saturated heterocycles. The molecule has 1 fully saturated rings. The number of hydrogen-bond donors (Lipinski definition) is 1. The van der Waals surface area contributed by atoms with E-state index in [1.165, 1.54) is 18.5 Å². The molecule has 11 heteroatoms. The average molecular weight is 541 g/mol. The summed E-state index contributed by atoms with van der Waals surface area (Å²) in [7, 11) is 0. The molecule has 1 atom stereocenters. The zero-order valence-corrected chi connectivity index (χ0v) is 22.5. The zero-order chi connectivity index (χ0) is 28.4. The van der Waals surface area contributed by atoms with Gasteiger partial charge in [-0.3, -0.25) is 4.79 Å². The number of rotatable bonds is 5. The Morgan fingerprint density at radius 1 is 1.20 bits per heavy atom. The number of allylic oxidation sites excluding steroid dienone is 1. The lowest BCUT2D eigenvalue weighted by Crippen LogP contribution is -2.41. The third-order valence-electron chi connectivity index (χ3n) is 6.54. The van der Waals surface area contributed by atoms with Crippen molar-refractivity contribution >= 4 is 22.8 Å². The molecular weight excluding hydrogens is 511 g/mol. The molecule has 10 nitrogen and oxygen atoms in total. The lowest BCUT2D eigenvalue weighted by atomic mass is 9.93. The quantitative estimate of drug-likeness (QED) is 0.274. The SMILES string of the molecule is CC(C)(C)/C=C(\C#N)C(=O)N1CCC[C@@H](n2nc(-c3ccc(Oc4ccccc4F)nc3)c3c(N)ncnc32)C1. The van der Waals surface area contributed by atoms with Crippen molar-refractivity contribution < 1.29 is 13.9 Å². The standard InChI is InChI=1S/C29H29FN8O2/c1-29(2,3)13-19(14-31)28(39)37-12-6-7-20(16-37)38-27-24(26(32)34-17-35-27)25(36-38)18-10-11-23(33-15-18)40-22-9-5-4-8-21(22)30/h4-5,8-11,13,15,17,20H,6-7,12,16H2,1-3H3,(H2,32,34,35)/b19-13+/t20-/m1/s1. The minimum Gasteiger partial charge on any atom is -0.436 e. The van der Waals surface area contributed by atoms with Crippen LogP contribution in [0.25, 0.3) is 22.3 Å². The van der Waals surface area contributed by atoms with Crippen LogP contribution in [0.15, 0.2) is 60.6 Å². The molecule has 1 amide bonds. The minimum atomic E-state index is -0.487. The molecule has 0 saturated carbocycles. The number of carbonyl (C=O) groups is 1. The highest BCUT2D eigenvalue weighted by Gasteiger charge is 2.30. The number of aromatic nitrogens is 5. The number of piperidine rings is 1. The van der Waals surface area contributed by atoms with Crippen LogP contribution < -0.4 is 10.5 Å². The Hall–Kier alpha value is -4.85. The summed E-state index contributed by atoms with van der Waals surface area (Å²) >= 11 is 0. The highest BCUT2D eigenvalue weighted by Crippen LogP contribution is 2.34. The van der Waals surface area contributed by atoms with Crippen LogP contribution in [0.4, 0.5) is 10.2 Å². The Morgan fingerprint density at radius 3 is 2.70 bits per heavy atom. The predicted molar refractivity (Wildman–Crippen MR) is 147 cm³/mol. The fourth-order valence-corrected chi connectivity index (χ4v) is 4.76. The van der Waals surface area contributed by atoms with Gasteiger partial charge in [0.05, 0.1) is 11.4 Å². The Bertz CT molecular complexity index is 1630. The number of anilines is 1. The van der Waals surface area contributed by atoms with Crippen molar-refractivity contribution in [1.29, 1.82) is 5.26 Å². The van der Waals surface area contributed by atoms with Gasteiger partial charge in [0, 0.05) is 30.9 Å². The van der Waals surface area contributed by atoms with Crippen molar-refractivity contribution in [2.75, 3.05) is 18.8 Å². The number of pyridine rings is 1. The van der Waals surface area contributed by atoms with E-state index in [9.17, 15) is 14.4 Å². The fourth-order valence-electron chi connectivity index (χ4n) is 4.76. The van der Waals surface area contributed by atoms with E-state index in [4.69, 9.17) is 15.6 Å². The highest BCUT2D eigenvalue weighted by molar-refractivity contribution is 5.98. The number of carbonyl (C=O) groups excluding carboxylic acids is 1. The molecule has 40 heavy (non-hydrogen) atoms. The fraction of sp³-hybridized carbons (Fsp3) is 0.310. The number of nitrogens with zero attached hydrogens (tertiary/aromatic N) is 7. The third-order valence-corrected chi connectivity index (χ3v) is 6.54. The summed E-state index contributed by atoms with van der Waals surface area (Å²) < 4.78 is 21.4. The molecule has 0 bridgehead atoms. The summed E-state index contributed by atoms with van der Waals surface area (Å²) in [6.07, 6.45) is 6.17. The number of nitrogens with two attached hydrogens (primary N) is 1. The largest absolute Gasteiger partial charge is 0.436 e. The molecule has 4 aromatic rings. The third kappa shape index (κ3) is 5.47. The van der Waals surface area contributed by atoms with Gasteiger partial charge >= 0.3 is 0 Å². The van der Waals surface area contributed by atoms with Crippen LogP contribution in [0, 0.1) is 22.6 Å². The molecule has 1 aromatic carbocycles. The molecule has 4 heterocycles. The number of benzene rings is 1. The highest BCUT2D eigenvalue weighted by atomic mass is 19.1. The van der Waals surface area contributed by atoms with E-state index in [1.54, 1.807) is 46.1 Å². The predicted octanol–water partition coefficient (Wildman–Crippen LogP) is 5.06. The summed E-state index contributed by atoms with van der Waals surface area (Å²) in [5, 5.41) is 15.1. The smallest absolute Gasteiger partial charge is 0.264 e. The second-order valence-corrected chi connectivity index (χ2v) is 10.8. The summed E-state index contributed by atoms with van der Waals surface area (Å²) in [5.41, 5.74) is 7.83. The van der Waals surface area contributed by atoms with Gasteiger partial charge < -0.3 is 15.4 Å². The van der Waals surface area contributed by atoms with Gasteiger partial charge in [0.25, 0.3) is 5.91 Å². The van der Waals surface area contributed by atoms with Gasteiger partial charge in [-0.15, -0.1) is 0 Å². The Balaban J connectivity index is 1.46. The van der Waals surface area contributed by atoms with Crippen molar-refractivity contribution in [2.45, 2.75) is 39.7 Å². The minimum absolute atomic E-state index is 0.0726. The first-order valence-corrected chi connectivity index (χ1v) is 12.9. The molecule has 5 rings (SSSR count). The Labute approximate surface area is 230 Å². The van der Waals surface area contributed by atoms with Crippen molar-refractivity contribution in [2.24, 2.45) is 5.41 Å². The maximum atomic E-state index is 14.0. The number of nitrogen functional groups attached to an aromatic ring is 1. The van der Waals surface area contributed by atoms with Crippen LogP contribution in [-0.2, 0) is 4.79 Å². The van der Waals surface area contributed by atoms with Gasteiger partial charge in [-0.25, -0.2) is 24.0 Å². The second kappa shape index (κ2) is 10.7. The van der Waals surface area contributed by atoms with Crippen LogP contribution in [0.5, 0.6) is 11.6 Å². The average Bonchev–Trinajstić information content (AvgIpc) is 3.34. The van der Waals surface area contributed by atoms with Crippen molar-refractivity contribution in [3.8, 4) is 29.0 Å². The molecule has 2 N–H and O–H groups in total. The van der Waals surface area contributed by atoms with E-state index in [-0.39, 0.29) is 40.4 Å². The number of ether oxygens (including phenoxy) is 1. The number of amides is 1. The molecule has 0 unspecified atom stereocenters. The van der Waals surface area contributed by atoms with Gasteiger partial charge in [0.1, 0.15) is 29.5 Å². The van der Waals surface area contributed by atoms with E-state index in [0.29, 0.717) is 35.4 Å². The van der Waals surface area contributed by atoms with Gasteiger partial charge in [0.2, 0.25) is 5.88 Å². The van der Waals surface area contributed by atoms with E-state index in [0.717, 1.165) is 12.8 Å². The number of nitriles is 1. The molecular formula is C29H29FN8O2. The van der Waals surface area contributed by atoms with Gasteiger partial charge in [-0.05, 0) is 36.5 Å². The number of hydrogen-bond acceptors (Lipinski definition) is 8. The second-order valence-electron chi connectivity index (χ2n) is 10.8. The molecule has 0 spiro atoms. The topological polar surface area (TPSA) is 136 Å². The van der Waals surface area contributed by atoms with Crippen LogP contribution in [0.3, 0.4) is 0 Å². The number of para-hydroxylation sites is 1. The van der Waals surface area contributed by atoms with Crippen molar-refractivity contribution in [3.05, 3.63) is 66.4 Å². The lowest BCUT2D eigenvalue weighted by Gasteiger charge is -2.33. The number of halogens is 1.